The average molecular weight is 281 g/mol. The molecule has 0 aliphatic heterocycles. The van der Waals surface area contributed by atoms with E-state index in [1.54, 1.807) is 19.1 Å². The van der Waals surface area contributed by atoms with E-state index in [0.29, 0.717) is 5.69 Å². The first-order chi connectivity index (χ1) is 8.31. The Kier molecular flexibility index (Phi) is 5.30. The van der Waals surface area contributed by atoms with E-state index in [4.69, 9.17) is 5.11 Å². The minimum Gasteiger partial charge on any atom is -0.394 e. The number of anilines is 1. The van der Waals surface area contributed by atoms with Gasteiger partial charge in [-0.3, -0.25) is 0 Å². The second-order valence-electron chi connectivity index (χ2n) is 3.76. The maximum Gasteiger partial charge on any atom is 0.446 e. The summed E-state index contributed by atoms with van der Waals surface area (Å²) < 4.78 is 37.0. The number of nitrogens with one attached hydrogen (secondary N) is 1. The third-order valence-corrected chi connectivity index (χ3v) is 2.91. The van der Waals surface area contributed by atoms with Crippen LogP contribution in [0.15, 0.2) is 23.1 Å². The maximum absolute atomic E-state index is 12.3. The molecule has 0 amide bonds. The van der Waals surface area contributed by atoms with Crippen LogP contribution in [0.5, 0.6) is 0 Å². The molecule has 0 radical (unpaired) electrons. The van der Waals surface area contributed by atoms with E-state index in [0.717, 1.165) is 5.56 Å². The number of halogens is 3. The molecule has 0 heterocycles. The lowest BCUT2D eigenvalue weighted by Gasteiger charge is -2.15. The summed E-state index contributed by atoms with van der Waals surface area (Å²) in [7, 11) is 0. The third kappa shape index (κ3) is 5.16. The molecule has 18 heavy (non-hydrogen) atoms. The zero-order chi connectivity index (χ0) is 13.8. The number of aliphatic hydroxyl groups is 2. The molecule has 0 saturated carbocycles. The number of hydrogen-bond donors (Lipinski definition) is 3. The van der Waals surface area contributed by atoms with Gasteiger partial charge >= 0.3 is 5.51 Å². The van der Waals surface area contributed by atoms with Crippen LogP contribution in [0.4, 0.5) is 18.9 Å². The fourth-order valence-electron chi connectivity index (χ4n) is 1.29. The Balaban J connectivity index is 2.83. The Labute approximate surface area is 107 Å². The summed E-state index contributed by atoms with van der Waals surface area (Å²) in [6.45, 7) is 1.31. The molecule has 0 aliphatic carbocycles. The summed E-state index contributed by atoms with van der Waals surface area (Å²) in [6.07, 6.45) is -1.01. The number of rotatable bonds is 5. The number of aryl methyl sites for hydroxylation is 1. The highest BCUT2D eigenvalue weighted by Crippen LogP contribution is 2.40. The van der Waals surface area contributed by atoms with Crippen LogP contribution < -0.4 is 5.32 Å². The predicted octanol–water partition coefficient (Wildman–Crippen LogP) is 2.37. The van der Waals surface area contributed by atoms with Gasteiger partial charge in [-0.2, -0.15) is 13.2 Å². The highest BCUT2D eigenvalue weighted by molar-refractivity contribution is 8.00. The Morgan fingerprint density at radius 2 is 2.06 bits per heavy atom. The second kappa shape index (κ2) is 6.31. The molecule has 1 aromatic rings. The van der Waals surface area contributed by atoms with Gasteiger partial charge in [0.05, 0.1) is 12.7 Å². The van der Waals surface area contributed by atoms with Crippen molar-refractivity contribution in [1.82, 2.24) is 0 Å². The van der Waals surface area contributed by atoms with Gasteiger partial charge in [-0.05, 0) is 36.4 Å². The molecule has 102 valence electrons. The molecule has 1 rings (SSSR count). The monoisotopic (exact) mass is 281 g/mol. The van der Waals surface area contributed by atoms with Crippen LogP contribution in [0.3, 0.4) is 0 Å². The molecule has 0 spiro atoms. The average Bonchev–Trinajstić information content (AvgIpc) is 2.27. The molecule has 0 aliphatic rings. The summed E-state index contributed by atoms with van der Waals surface area (Å²) in [4.78, 5) is 0.0400. The summed E-state index contributed by atoms with van der Waals surface area (Å²) in [5.74, 6) is 0. The minimum atomic E-state index is -4.36. The number of thioether (sulfide) groups is 1. The first kappa shape index (κ1) is 15.1. The first-order valence-corrected chi connectivity index (χ1v) is 6.02. The van der Waals surface area contributed by atoms with Crippen LogP contribution in [-0.2, 0) is 0 Å². The van der Waals surface area contributed by atoms with Crippen molar-refractivity contribution in [3.8, 4) is 0 Å². The normalized spacial score (nSPS) is 13.4. The van der Waals surface area contributed by atoms with Crippen molar-refractivity contribution in [3.05, 3.63) is 23.8 Å². The Hall–Kier alpha value is -0.920. The van der Waals surface area contributed by atoms with Crippen LogP contribution in [0.2, 0.25) is 0 Å². The molecular formula is C11H14F3NO2S. The van der Waals surface area contributed by atoms with Crippen molar-refractivity contribution in [2.75, 3.05) is 18.5 Å². The van der Waals surface area contributed by atoms with Gasteiger partial charge in [-0.15, -0.1) is 0 Å². The molecule has 7 heteroatoms. The number of benzene rings is 1. The van der Waals surface area contributed by atoms with E-state index < -0.39 is 18.2 Å². The van der Waals surface area contributed by atoms with Crippen LogP contribution in [0.25, 0.3) is 0 Å². The standard InChI is InChI=1S/C11H14F3NO2S/c1-7-2-3-10(18-11(12,13)14)9(4-7)15-5-8(17)6-16/h2-4,8,15-17H,5-6H2,1H3. The smallest absolute Gasteiger partial charge is 0.394 e. The topological polar surface area (TPSA) is 52.5 Å². The molecule has 0 saturated heterocycles. The highest BCUT2D eigenvalue weighted by Gasteiger charge is 2.30. The van der Waals surface area contributed by atoms with Crippen molar-refractivity contribution >= 4 is 17.4 Å². The molecule has 1 atom stereocenters. The SMILES string of the molecule is Cc1ccc(SC(F)(F)F)c(NCC(O)CO)c1. The van der Waals surface area contributed by atoms with Gasteiger partial charge in [-0.25, -0.2) is 0 Å². The van der Waals surface area contributed by atoms with E-state index in [9.17, 15) is 18.3 Å². The van der Waals surface area contributed by atoms with Crippen LogP contribution in [-0.4, -0.2) is 35.0 Å². The Bertz CT molecular complexity index is 398. The first-order valence-electron chi connectivity index (χ1n) is 5.21. The quantitative estimate of drug-likeness (QED) is 0.725. The van der Waals surface area contributed by atoms with Crippen LogP contribution >= 0.6 is 11.8 Å². The molecule has 0 bridgehead atoms. The Morgan fingerprint density at radius 3 is 2.61 bits per heavy atom. The van der Waals surface area contributed by atoms with Gasteiger partial charge < -0.3 is 15.5 Å². The zero-order valence-corrected chi connectivity index (χ0v) is 10.5. The van der Waals surface area contributed by atoms with Crippen molar-refractivity contribution in [2.24, 2.45) is 0 Å². The van der Waals surface area contributed by atoms with Crippen molar-refractivity contribution in [2.45, 2.75) is 23.4 Å². The van der Waals surface area contributed by atoms with Gasteiger partial charge in [0.15, 0.2) is 0 Å². The summed E-state index contributed by atoms with van der Waals surface area (Å²) in [5.41, 5.74) is -3.26. The molecule has 0 aromatic heterocycles. The summed E-state index contributed by atoms with van der Waals surface area (Å²) in [6, 6.07) is 4.53. The van der Waals surface area contributed by atoms with Crippen molar-refractivity contribution in [1.29, 1.82) is 0 Å². The largest absolute Gasteiger partial charge is 0.446 e. The molecular weight excluding hydrogens is 267 g/mol. The molecule has 3 nitrogen and oxygen atoms in total. The van der Waals surface area contributed by atoms with Gasteiger partial charge in [-0.1, -0.05) is 6.07 Å². The van der Waals surface area contributed by atoms with Crippen LogP contribution in [0.1, 0.15) is 5.56 Å². The highest BCUT2D eigenvalue weighted by atomic mass is 32.2. The molecule has 1 aromatic carbocycles. The molecule has 0 fully saturated rings. The van der Waals surface area contributed by atoms with Gasteiger partial charge in [0.25, 0.3) is 0 Å². The lowest BCUT2D eigenvalue weighted by Crippen LogP contribution is -2.23. The van der Waals surface area contributed by atoms with Gasteiger partial charge in [0, 0.05) is 17.1 Å². The fraction of sp³-hybridized carbons (Fsp3) is 0.455. The minimum absolute atomic E-state index is 0.00856. The van der Waals surface area contributed by atoms with Crippen molar-refractivity contribution in [3.63, 3.8) is 0 Å². The molecule has 1 unspecified atom stereocenters. The predicted molar refractivity (Wildman–Crippen MR) is 64.7 cm³/mol. The van der Waals surface area contributed by atoms with E-state index in [1.165, 1.54) is 6.07 Å². The Morgan fingerprint density at radius 1 is 1.39 bits per heavy atom. The maximum atomic E-state index is 12.3. The molecule has 3 N–H and O–H groups in total. The third-order valence-electron chi connectivity index (χ3n) is 2.10. The second-order valence-corrected chi connectivity index (χ2v) is 4.87. The number of alkyl halides is 3. The number of hydrogen-bond acceptors (Lipinski definition) is 4. The van der Waals surface area contributed by atoms with E-state index >= 15 is 0 Å². The van der Waals surface area contributed by atoms with E-state index in [-0.39, 0.29) is 23.2 Å². The van der Waals surface area contributed by atoms with Crippen molar-refractivity contribution < 1.29 is 23.4 Å². The summed E-state index contributed by atoms with van der Waals surface area (Å²) in [5, 5.41) is 20.5. The summed E-state index contributed by atoms with van der Waals surface area (Å²) >= 11 is -0.211. The van der Waals surface area contributed by atoms with E-state index in [1.807, 2.05) is 0 Å². The fourth-order valence-corrected chi connectivity index (χ4v) is 1.91. The van der Waals surface area contributed by atoms with E-state index in [2.05, 4.69) is 5.32 Å². The van der Waals surface area contributed by atoms with Crippen LogP contribution in [0, 0.1) is 6.92 Å². The lowest BCUT2D eigenvalue weighted by atomic mass is 10.2. The lowest BCUT2D eigenvalue weighted by molar-refractivity contribution is -0.0327. The zero-order valence-electron chi connectivity index (χ0n) is 9.66. The number of aliphatic hydroxyl groups excluding tert-OH is 2. The van der Waals surface area contributed by atoms with Gasteiger partial charge in [0.1, 0.15) is 0 Å². The van der Waals surface area contributed by atoms with Gasteiger partial charge in [0.2, 0.25) is 0 Å².